The predicted molar refractivity (Wildman–Crippen MR) is 122 cm³/mol. The molecule has 2 aromatic carbocycles. The highest BCUT2D eigenvalue weighted by molar-refractivity contribution is 5.92. The summed E-state index contributed by atoms with van der Waals surface area (Å²) < 4.78 is 1.15. The molecule has 0 aliphatic heterocycles. The first-order valence-corrected chi connectivity index (χ1v) is 10.1. The molecule has 0 aliphatic carbocycles. The van der Waals surface area contributed by atoms with Crippen LogP contribution in [0.15, 0.2) is 53.3 Å². The minimum atomic E-state index is -0.367. The van der Waals surface area contributed by atoms with Crippen LogP contribution in [0.3, 0.4) is 0 Å². The van der Waals surface area contributed by atoms with E-state index in [0.29, 0.717) is 11.4 Å². The molecule has 0 saturated heterocycles. The molecule has 0 bridgehead atoms. The first-order chi connectivity index (χ1) is 14.8. The van der Waals surface area contributed by atoms with Crippen molar-refractivity contribution >= 4 is 23.2 Å². The summed E-state index contributed by atoms with van der Waals surface area (Å²) in [6, 6.07) is 14.4. The van der Waals surface area contributed by atoms with Gasteiger partial charge in [-0.2, -0.15) is 5.10 Å². The van der Waals surface area contributed by atoms with Crippen molar-refractivity contribution in [2.24, 2.45) is 0 Å². The van der Waals surface area contributed by atoms with Crippen molar-refractivity contribution in [2.45, 2.75) is 40.7 Å². The summed E-state index contributed by atoms with van der Waals surface area (Å²) in [7, 11) is 0. The lowest BCUT2D eigenvalue weighted by Gasteiger charge is -2.14. The van der Waals surface area contributed by atoms with Crippen LogP contribution in [0.1, 0.15) is 30.5 Å². The van der Waals surface area contributed by atoms with Crippen LogP contribution < -0.4 is 16.2 Å². The topological polar surface area (TPSA) is 93.1 Å². The Morgan fingerprint density at radius 3 is 2.48 bits per heavy atom. The van der Waals surface area contributed by atoms with Crippen LogP contribution in [0.2, 0.25) is 0 Å². The van der Waals surface area contributed by atoms with Crippen LogP contribution in [0.25, 0.3) is 11.3 Å². The third kappa shape index (κ3) is 5.25. The number of rotatable bonds is 6. The van der Waals surface area contributed by atoms with Crippen LogP contribution in [-0.4, -0.2) is 21.6 Å². The fraction of sp³-hybridized carbons (Fsp3) is 0.250. The van der Waals surface area contributed by atoms with Crippen molar-refractivity contribution in [3.8, 4) is 11.3 Å². The van der Waals surface area contributed by atoms with E-state index in [1.807, 2.05) is 51.1 Å². The third-order valence-corrected chi connectivity index (χ3v) is 5.01. The molecule has 0 spiro atoms. The highest BCUT2D eigenvalue weighted by Gasteiger charge is 2.12. The number of anilines is 2. The number of aromatic nitrogens is 2. The summed E-state index contributed by atoms with van der Waals surface area (Å²) in [5.41, 5.74) is 5.26. The Hall–Kier alpha value is -3.74. The number of aryl methyl sites for hydroxylation is 3. The predicted octanol–water partition coefficient (Wildman–Crippen LogP) is 3.69. The Kier molecular flexibility index (Phi) is 6.65. The number of amides is 2. The van der Waals surface area contributed by atoms with Crippen LogP contribution in [0.4, 0.5) is 11.4 Å². The van der Waals surface area contributed by atoms with Gasteiger partial charge in [-0.1, -0.05) is 37.3 Å². The Bertz CT molecular complexity index is 1200. The smallest absolute Gasteiger partial charge is 0.267 e. The second-order valence-corrected chi connectivity index (χ2v) is 7.44. The molecule has 3 aromatic rings. The Balaban J connectivity index is 1.86. The van der Waals surface area contributed by atoms with Gasteiger partial charge in [0.2, 0.25) is 11.8 Å². The standard InChI is InChI=1S/C24H26N4O3/c1-5-18-8-6-7-16(3)24(18)26-22(30)14-28-23(31)12-11-20(27-28)19-10-9-15(2)21(13-19)25-17(4)29/h6-13H,5,14H2,1-4H3,(H,25,29)(H,26,30). The van der Waals surface area contributed by atoms with E-state index in [4.69, 9.17) is 0 Å². The largest absolute Gasteiger partial charge is 0.326 e. The van der Waals surface area contributed by atoms with E-state index in [2.05, 4.69) is 15.7 Å². The zero-order valence-corrected chi connectivity index (χ0v) is 18.2. The van der Waals surface area contributed by atoms with Crippen LogP contribution in [0.5, 0.6) is 0 Å². The molecule has 0 aliphatic rings. The van der Waals surface area contributed by atoms with Gasteiger partial charge in [0.1, 0.15) is 6.54 Å². The molecular formula is C24H26N4O3. The van der Waals surface area contributed by atoms with Gasteiger partial charge in [0.05, 0.1) is 5.69 Å². The van der Waals surface area contributed by atoms with Crippen molar-refractivity contribution in [3.05, 3.63) is 75.6 Å². The second kappa shape index (κ2) is 9.38. The molecule has 2 amide bonds. The van der Waals surface area contributed by atoms with Gasteiger partial charge in [-0.3, -0.25) is 14.4 Å². The summed E-state index contributed by atoms with van der Waals surface area (Å²) in [6.07, 6.45) is 0.787. The van der Waals surface area contributed by atoms with Crippen molar-refractivity contribution < 1.29 is 9.59 Å². The van der Waals surface area contributed by atoms with E-state index in [1.54, 1.807) is 12.1 Å². The normalized spacial score (nSPS) is 10.6. The van der Waals surface area contributed by atoms with Gasteiger partial charge in [-0.05, 0) is 49.1 Å². The molecule has 0 unspecified atom stereocenters. The number of hydrogen-bond acceptors (Lipinski definition) is 4. The highest BCUT2D eigenvalue weighted by Crippen LogP contribution is 2.24. The molecule has 0 fully saturated rings. The molecule has 0 saturated carbocycles. The number of hydrogen-bond donors (Lipinski definition) is 2. The van der Waals surface area contributed by atoms with Crippen molar-refractivity contribution in [2.75, 3.05) is 10.6 Å². The van der Waals surface area contributed by atoms with Gasteiger partial charge < -0.3 is 10.6 Å². The summed E-state index contributed by atoms with van der Waals surface area (Å²) >= 11 is 0. The molecule has 2 N–H and O–H groups in total. The van der Waals surface area contributed by atoms with E-state index in [1.165, 1.54) is 13.0 Å². The maximum Gasteiger partial charge on any atom is 0.267 e. The molecular weight excluding hydrogens is 392 g/mol. The Morgan fingerprint density at radius 2 is 1.77 bits per heavy atom. The molecule has 31 heavy (non-hydrogen) atoms. The van der Waals surface area contributed by atoms with Gasteiger partial charge in [-0.25, -0.2) is 4.68 Å². The maximum absolute atomic E-state index is 12.7. The number of para-hydroxylation sites is 1. The first-order valence-electron chi connectivity index (χ1n) is 10.1. The van der Waals surface area contributed by atoms with E-state index >= 15 is 0 Å². The summed E-state index contributed by atoms with van der Waals surface area (Å²) in [6.45, 7) is 7.10. The second-order valence-electron chi connectivity index (χ2n) is 7.44. The van der Waals surface area contributed by atoms with Crippen molar-refractivity contribution in [1.82, 2.24) is 9.78 Å². The molecule has 3 rings (SSSR count). The lowest BCUT2D eigenvalue weighted by molar-refractivity contribution is -0.117. The van der Waals surface area contributed by atoms with Crippen LogP contribution >= 0.6 is 0 Å². The minimum absolute atomic E-state index is 0.169. The lowest BCUT2D eigenvalue weighted by Crippen LogP contribution is -2.29. The van der Waals surface area contributed by atoms with E-state index in [9.17, 15) is 14.4 Å². The number of nitrogens with one attached hydrogen (secondary N) is 2. The molecule has 0 atom stereocenters. The van der Waals surface area contributed by atoms with Crippen LogP contribution in [-0.2, 0) is 22.6 Å². The van der Waals surface area contributed by atoms with Crippen molar-refractivity contribution in [3.63, 3.8) is 0 Å². The Morgan fingerprint density at radius 1 is 1.00 bits per heavy atom. The highest BCUT2D eigenvalue weighted by atomic mass is 16.2. The fourth-order valence-corrected chi connectivity index (χ4v) is 3.34. The zero-order valence-electron chi connectivity index (χ0n) is 18.2. The van der Waals surface area contributed by atoms with E-state index in [-0.39, 0.29) is 23.9 Å². The molecule has 7 heteroatoms. The van der Waals surface area contributed by atoms with E-state index in [0.717, 1.165) is 39.0 Å². The number of benzene rings is 2. The van der Waals surface area contributed by atoms with Crippen molar-refractivity contribution in [1.29, 1.82) is 0 Å². The van der Waals surface area contributed by atoms with E-state index < -0.39 is 0 Å². The number of carbonyl (C=O) groups is 2. The third-order valence-electron chi connectivity index (χ3n) is 5.01. The van der Waals surface area contributed by atoms with Gasteiger partial charge >= 0.3 is 0 Å². The molecule has 7 nitrogen and oxygen atoms in total. The fourth-order valence-electron chi connectivity index (χ4n) is 3.34. The zero-order chi connectivity index (χ0) is 22.5. The number of carbonyl (C=O) groups excluding carboxylic acids is 2. The molecule has 1 heterocycles. The number of nitrogens with zero attached hydrogens (tertiary/aromatic N) is 2. The van der Waals surface area contributed by atoms with Gasteiger partial charge in [0.25, 0.3) is 5.56 Å². The lowest BCUT2D eigenvalue weighted by atomic mass is 10.1. The Labute approximate surface area is 181 Å². The van der Waals surface area contributed by atoms with Gasteiger partial charge in [0, 0.05) is 29.9 Å². The monoisotopic (exact) mass is 418 g/mol. The maximum atomic E-state index is 12.7. The first kappa shape index (κ1) is 22.0. The summed E-state index contributed by atoms with van der Waals surface area (Å²) in [5, 5.41) is 10.1. The molecule has 0 radical (unpaired) electrons. The van der Waals surface area contributed by atoms with Crippen LogP contribution in [0, 0.1) is 13.8 Å². The minimum Gasteiger partial charge on any atom is -0.326 e. The SMILES string of the molecule is CCc1cccc(C)c1NC(=O)Cn1nc(-c2ccc(C)c(NC(C)=O)c2)ccc1=O. The quantitative estimate of drug-likeness (QED) is 0.639. The average molecular weight is 418 g/mol. The summed E-state index contributed by atoms with van der Waals surface area (Å²) in [5.74, 6) is -0.490. The molecule has 1 aromatic heterocycles. The van der Waals surface area contributed by atoms with Gasteiger partial charge in [-0.15, -0.1) is 0 Å². The summed E-state index contributed by atoms with van der Waals surface area (Å²) in [4.78, 5) is 36.4. The average Bonchev–Trinajstić information content (AvgIpc) is 2.72. The van der Waals surface area contributed by atoms with Gasteiger partial charge in [0.15, 0.2) is 0 Å². The molecule has 160 valence electrons.